The van der Waals surface area contributed by atoms with E-state index in [-0.39, 0.29) is 10.8 Å². The molecule has 0 amide bonds. The van der Waals surface area contributed by atoms with Gasteiger partial charge >= 0.3 is 0 Å². The molecule has 0 aliphatic heterocycles. The summed E-state index contributed by atoms with van der Waals surface area (Å²) in [6.07, 6.45) is 2.19. The Labute approximate surface area is 429 Å². The van der Waals surface area contributed by atoms with Crippen LogP contribution in [0.2, 0.25) is 0 Å². The molecule has 0 saturated carbocycles. The summed E-state index contributed by atoms with van der Waals surface area (Å²) in [5.41, 5.74) is 15.8. The second-order valence-corrected chi connectivity index (χ2v) is 22.4. The third kappa shape index (κ3) is 5.95. The number of fused-ring (bicyclic) bond motifs is 17. The first-order valence-corrected chi connectivity index (χ1v) is 26.0. The molecule has 0 aliphatic rings. The van der Waals surface area contributed by atoms with Gasteiger partial charge in [-0.1, -0.05) is 163 Å². The lowest BCUT2D eigenvalue weighted by Crippen LogP contribution is -2.15. The maximum Gasteiger partial charge on any atom is 0.146 e. The Hall–Kier alpha value is -8.93. The molecule has 354 valence electrons. The van der Waals surface area contributed by atoms with E-state index >= 15 is 0 Å². The molecule has 0 saturated heterocycles. The molecule has 15 aromatic rings. The van der Waals surface area contributed by atoms with Gasteiger partial charge < -0.3 is 14.2 Å². The second kappa shape index (κ2) is 15.3. The van der Waals surface area contributed by atoms with Gasteiger partial charge in [-0.2, -0.15) is 0 Å². The van der Waals surface area contributed by atoms with Gasteiger partial charge in [0.2, 0.25) is 0 Å². The van der Waals surface area contributed by atoms with Crippen molar-refractivity contribution < 1.29 is 0 Å². The summed E-state index contributed by atoms with van der Waals surface area (Å²) in [5.74, 6) is 0. The highest BCUT2D eigenvalue weighted by molar-refractivity contribution is 6.41. The predicted molar refractivity (Wildman–Crippen MR) is 315 cm³/mol. The van der Waals surface area contributed by atoms with Crippen molar-refractivity contribution in [2.24, 2.45) is 0 Å². The van der Waals surface area contributed by atoms with Crippen molar-refractivity contribution >= 4 is 132 Å². The SMILES string of the molecule is CC(C)(C)c1cc(N(c2ccccc2)c2ccccc2)c2c(c1)c1c3ccccc3cc3c4c5c6c7ccccc7cc7c8cc(C(C)(C)C)cc(N(c9ccccc9)c9ccccc9)c8n(c5ncc4n2c31)c76. The largest absolute Gasteiger partial charge is 0.308 e. The number of hydrogen-bond acceptors (Lipinski definition) is 3. The Bertz CT molecular complexity index is 4630. The smallest absolute Gasteiger partial charge is 0.146 e. The molecule has 0 atom stereocenters. The zero-order valence-electron chi connectivity index (χ0n) is 42.4. The van der Waals surface area contributed by atoms with Gasteiger partial charge in [0.1, 0.15) is 5.65 Å². The third-order valence-corrected chi connectivity index (χ3v) is 16.0. The summed E-state index contributed by atoms with van der Waals surface area (Å²) in [5, 5.41) is 14.8. The highest BCUT2D eigenvalue weighted by atomic mass is 15.2. The maximum absolute atomic E-state index is 5.80. The van der Waals surface area contributed by atoms with Gasteiger partial charge in [0.05, 0.1) is 45.2 Å². The summed E-state index contributed by atoms with van der Waals surface area (Å²) in [6, 6.07) is 76.2. The van der Waals surface area contributed by atoms with Crippen molar-refractivity contribution in [3.05, 3.63) is 224 Å². The summed E-state index contributed by atoms with van der Waals surface area (Å²) >= 11 is 0. The fourth-order valence-corrected chi connectivity index (χ4v) is 12.5. The molecule has 0 spiro atoms. The molecule has 0 N–H and O–H groups in total. The lowest BCUT2D eigenvalue weighted by atomic mass is 9.85. The fraction of sp³-hybridized carbons (Fsp3) is 0.116. The van der Waals surface area contributed by atoms with Gasteiger partial charge in [0.25, 0.3) is 0 Å². The van der Waals surface area contributed by atoms with Gasteiger partial charge in [0, 0.05) is 65.8 Å². The molecule has 0 unspecified atom stereocenters. The average Bonchev–Trinajstić information content (AvgIpc) is 4.19. The molecule has 74 heavy (non-hydrogen) atoms. The maximum atomic E-state index is 5.80. The lowest BCUT2D eigenvalue weighted by Gasteiger charge is -2.29. The zero-order chi connectivity index (χ0) is 49.8. The van der Waals surface area contributed by atoms with E-state index in [0.717, 1.165) is 50.8 Å². The fourth-order valence-electron chi connectivity index (χ4n) is 12.5. The summed E-state index contributed by atoms with van der Waals surface area (Å²) in [6.45, 7) is 14.0. The molecule has 0 bridgehead atoms. The van der Waals surface area contributed by atoms with Crippen LogP contribution in [0.25, 0.3) is 97.9 Å². The van der Waals surface area contributed by atoms with Gasteiger partial charge in [-0.05, 0) is 128 Å². The lowest BCUT2D eigenvalue weighted by molar-refractivity contribution is 0.591. The van der Waals surface area contributed by atoms with Crippen LogP contribution in [0.1, 0.15) is 52.7 Å². The molecular formula is C69H53N5. The van der Waals surface area contributed by atoms with Crippen LogP contribution in [0.4, 0.5) is 34.1 Å². The van der Waals surface area contributed by atoms with Crippen molar-refractivity contribution in [2.45, 2.75) is 52.4 Å². The number of para-hydroxylation sites is 4. The first-order chi connectivity index (χ1) is 36.0. The summed E-state index contributed by atoms with van der Waals surface area (Å²) in [7, 11) is 0. The van der Waals surface area contributed by atoms with Gasteiger partial charge in [0.15, 0.2) is 0 Å². The van der Waals surface area contributed by atoms with Crippen LogP contribution < -0.4 is 9.80 Å². The first-order valence-electron chi connectivity index (χ1n) is 26.0. The quantitative estimate of drug-likeness (QED) is 0.166. The third-order valence-electron chi connectivity index (χ3n) is 16.0. The number of rotatable bonds is 6. The van der Waals surface area contributed by atoms with Crippen molar-refractivity contribution in [3.8, 4) is 0 Å². The normalized spacial score (nSPS) is 12.7. The standard InChI is InChI=1S/C69H53N5/c1-68(2,3)44-37-53-52-35-42-23-20-22-34-51(42)61-62-60-54-36-43-24-19-21-33-50(43)59-55-38-45(69(4,5)6)40-57(72(48-29-15-9-16-30-48)49-31-17-10-18-32-49)64(55)73(66(54)59)58(60)41-70-67(62)74(65(52)61)63(53)56(39-44)71(46-25-11-7-12-26-46)47-27-13-8-14-28-47/h7-41H,1-6H3. The zero-order valence-corrected chi connectivity index (χ0v) is 42.4. The molecule has 5 nitrogen and oxygen atoms in total. The topological polar surface area (TPSA) is 28.2 Å². The molecule has 5 aromatic heterocycles. The summed E-state index contributed by atoms with van der Waals surface area (Å²) in [4.78, 5) is 10.7. The number of anilines is 6. The van der Waals surface area contributed by atoms with E-state index in [9.17, 15) is 0 Å². The highest BCUT2D eigenvalue weighted by Gasteiger charge is 2.33. The number of nitrogens with zero attached hydrogens (tertiary/aromatic N) is 5. The average molecular weight is 952 g/mol. The minimum Gasteiger partial charge on any atom is -0.308 e. The monoisotopic (exact) mass is 951 g/mol. The summed E-state index contributed by atoms with van der Waals surface area (Å²) < 4.78 is 5.11. The van der Waals surface area contributed by atoms with Crippen molar-refractivity contribution in [3.63, 3.8) is 0 Å². The highest BCUT2D eigenvalue weighted by Crippen LogP contribution is 2.54. The molecule has 5 heteroatoms. The Morgan fingerprint density at radius 1 is 0.338 bits per heavy atom. The van der Waals surface area contributed by atoms with Crippen molar-refractivity contribution in [2.75, 3.05) is 9.80 Å². The molecule has 10 aromatic carbocycles. The van der Waals surface area contributed by atoms with E-state index in [4.69, 9.17) is 4.98 Å². The van der Waals surface area contributed by atoms with Crippen LogP contribution in [0.5, 0.6) is 0 Å². The van der Waals surface area contributed by atoms with E-state index in [2.05, 4.69) is 273 Å². The Kier molecular flexibility index (Phi) is 8.83. The molecule has 0 radical (unpaired) electrons. The van der Waals surface area contributed by atoms with Crippen molar-refractivity contribution in [1.82, 2.24) is 13.8 Å². The minimum absolute atomic E-state index is 0.127. The van der Waals surface area contributed by atoms with Gasteiger partial charge in [-0.25, -0.2) is 4.98 Å². The van der Waals surface area contributed by atoms with E-state index in [1.54, 1.807) is 0 Å². The molecule has 0 aliphatic carbocycles. The Morgan fingerprint density at radius 3 is 1.23 bits per heavy atom. The molecule has 15 rings (SSSR count). The number of benzene rings is 10. The van der Waals surface area contributed by atoms with Gasteiger partial charge in [-0.15, -0.1) is 0 Å². The van der Waals surface area contributed by atoms with Crippen LogP contribution in [0.15, 0.2) is 212 Å². The van der Waals surface area contributed by atoms with E-state index in [0.29, 0.717) is 0 Å². The molecule has 0 fully saturated rings. The number of pyridine rings is 1. The Morgan fingerprint density at radius 2 is 0.730 bits per heavy atom. The van der Waals surface area contributed by atoms with E-state index < -0.39 is 0 Å². The number of aromatic nitrogens is 3. The van der Waals surface area contributed by atoms with Crippen LogP contribution >= 0.6 is 0 Å². The van der Waals surface area contributed by atoms with E-state index in [1.165, 1.54) is 92.3 Å². The molecule has 5 heterocycles. The van der Waals surface area contributed by atoms with Crippen molar-refractivity contribution in [1.29, 1.82) is 0 Å². The Balaban J connectivity index is 1.18. The first kappa shape index (κ1) is 42.7. The van der Waals surface area contributed by atoms with Crippen LogP contribution in [0.3, 0.4) is 0 Å². The van der Waals surface area contributed by atoms with E-state index in [1.807, 2.05) is 0 Å². The van der Waals surface area contributed by atoms with Gasteiger partial charge in [-0.3, -0.25) is 4.40 Å². The van der Waals surface area contributed by atoms with Crippen LogP contribution in [-0.4, -0.2) is 13.8 Å². The molecular weight excluding hydrogens is 899 g/mol. The predicted octanol–water partition coefficient (Wildman–Crippen LogP) is 19.2. The van der Waals surface area contributed by atoms with Crippen LogP contribution in [0, 0.1) is 0 Å². The minimum atomic E-state index is -0.132. The number of hydrogen-bond donors (Lipinski definition) is 0. The van der Waals surface area contributed by atoms with Crippen LogP contribution in [-0.2, 0) is 10.8 Å². The second-order valence-electron chi connectivity index (χ2n) is 22.4.